The first-order valence-electron chi connectivity index (χ1n) is 6.13. The molecule has 0 bridgehead atoms. The van der Waals surface area contributed by atoms with E-state index in [2.05, 4.69) is 15.0 Å². The lowest BCUT2D eigenvalue weighted by atomic mass is 10.1. The molecule has 0 spiro atoms. The second kappa shape index (κ2) is 5.35. The maximum atomic E-state index is 10.0. The summed E-state index contributed by atoms with van der Waals surface area (Å²) >= 11 is 5.82. The molecule has 0 aromatic carbocycles. The maximum Gasteiger partial charge on any atom is 0.246 e. The number of imidazole rings is 1. The predicted octanol–water partition coefficient (Wildman–Crippen LogP) is -0.900. The van der Waals surface area contributed by atoms with E-state index in [0.29, 0.717) is 11.2 Å². The third kappa shape index (κ3) is 2.23. The van der Waals surface area contributed by atoms with Crippen LogP contribution in [0.25, 0.3) is 11.2 Å². The fourth-order valence-corrected chi connectivity index (χ4v) is 2.46. The van der Waals surface area contributed by atoms with Crippen molar-refractivity contribution in [2.75, 3.05) is 13.7 Å². The largest absolute Gasteiger partial charge is 0.479 e. The Labute approximate surface area is 123 Å². The van der Waals surface area contributed by atoms with Crippen molar-refractivity contribution in [1.29, 1.82) is 0 Å². The van der Waals surface area contributed by atoms with Gasteiger partial charge in [0, 0.05) is 0 Å². The molecule has 10 heteroatoms. The van der Waals surface area contributed by atoms with Crippen LogP contribution in [-0.2, 0) is 4.74 Å². The number of ether oxygens (including phenoxy) is 2. The number of rotatable bonds is 3. The summed E-state index contributed by atoms with van der Waals surface area (Å²) in [5, 5.41) is 28.9. The number of halogens is 1. The Kier molecular flexibility index (Phi) is 3.68. The summed E-state index contributed by atoms with van der Waals surface area (Å²) in [6.45, 7) is -0.416. The van der Waals surface area contributed by atoms with Crippen LogP contribution in [-0.4, -0.2) is 66.9 Å². The van der Waals surface area contributed by atoms with Gasteiger partial charge in [-0.05, 0) is 11.6 Å². The topological polar surface area (TPSA) is 123 Å². The van der Waals surface area contributed by atoms with E-state index in [9.17, 15) is 10.2 Å². The minimum absolute atomic E-state index is 0.0483. The van der Waals surface area contributed by atoms with Crippen LogP contribution in [0.2, 0.25) is 5.28 Å². The van der Waals surface area contributed by atoms with Crippen molar-refractivity contribution < 1.29 is 24.8 Å². The quantitative estimate of drug-likeness (QED) is 0.623. The monoisotopic (exact) mass is 316 g/mol. The molecule has 3 heterocycles. The Hall–Kier alpha value is -1.52. The molecule has 0 saturated carbocycles. The van der Waals surface area contributed by atoms with Gasteiger partial charge in [-0.15, -0.1) is 0 Å². The number of nitrogens with zero attached hydrogens (tertiary/aromatic N) is 4. The highest BCUT2D eigenvalue weighted by Crippen LogP contribution is 2.32. The van der Waals surface area contributed by atoms with Gasteiger partial charge < -0.3 is 24.8 Å². The van der Waals surface area contributed by atoms with Gasteiger partial charge in [0.25, 0.3) is 0 Å². The third-order valence-electron chi connectivity index (χ3n) is 3.35. The second-order valence-electron chi connectivity index (χ2n) is 4.55. The highest BCUT2D eigenvalue weighted by Gasteiger charge is 2.44. The number of hydrogen-bond acceptors (Lipinski definition) is 8. The van der Waals surface area contributed by atoms with Crippen LogP contribution >= 0.6 is 11.6 Å². The standard InChI is InChI=1S/C11H13ClN4O5/c1-20-9-5-8(14-11(12)15-9)16(3-13-5)10-7(19)6(18)4(2-17)21-10/h3-4,6-7,10,17-19H,2H2,1H3/t4-,6+,7+,10-/m1/s1. The molecule has 21 heavy (non-hydrogen) atoms. The number of aromatic nitrogens is 4. The van der Waals surface area contributed by atoms with Gasteiger partial charge in [0.2, 0.25) is 11.2 Å². The SMILES string of the molecule is COc1nc(Cl)nc2c1ncn2[C@@H]1O[C@H](CO)[C@H](O)[C@@H]1O. The first-order valence-corrected chi connectivity index (χ1v) is 6.51. The lowest BCUT2D eigenvalue weighted by Gasteiger charge is -2.16. The molecule has 3 rings (SSSR count). The van der Waals surface area contributed by atoms with Gasteiger partial charge in [-0.3, -0.25) is 4.57 Å². The highest BCUT2D eigenvalue weighted by molar-refractivity contribution is 6.28. The summed E-state index contributed by atoms with van der Waals surface area (Å²) in [7, 11) is 1.42. The smallest absolute Gasteiger partial charge is 0.246 e. The molecule has 1 fully saturated rings. The molecular formula is C11H13ClN4O5. The van der Waals surface area contributed by atoms with Gasteiger partial charge in [0.1, 0.15) is 18.3 Å². The van der Waals surface area contributed by atoms with Crippen LogP contribution in [0.15, 0.2) is 6.33 Å². The molecule has 0 aliphatic carbocycles. The van der Waals surface area contributed by atoms with Crippen molar-refractivity contribution in [3.63, 3.8) is 0 Å². The van der Waals surface area contributed by atoms with Crippen LogP contribution in [0.3, 0.4) is 0 Å². The normalized spacial score (nSPS) is 29.2. The van der Waals surface area contributed by atoms with Crippen molar-refractivity contribution in [1.82, 2.24) is 19.5 Å². The zero-order chi connectivity index (χ0) is 15.1. The minimum Gasteiger partial charge on any atom is -0.479 e. The zero-order valence-corrected chi connectivity index (χ0v) is 11.7. The summed E-state index contributed by atoms with van der Waals surface area (Å²) in [6, 6.07) is 0. The van der Waals surface area contributed by atoms with E-state index in [4.69, 9.17) is 26.2 Å². The first-order chi connectivity index (χ1) is 10.1. The molecule has 1 aliphatic rings. The molecule has 9 nitrogen and oxygen atoms in total. The predicted molar refractivity (Wildman–Crippen MR) is 69.9 cm³/mol. The van der Waals surface area contributed by atoms with Gasteiger partial charge in [-0.25, -0.2) is 4.98 Å². The summed E-state index contributed by atoms with van der Waals surface area (Å²) in [5.41, 5.74) is 0.640. The van der Waals surface area contributed by atoms with Crippen molar-refractivity contribution in [2.24, 2.45) is 0 Å². The van der Waals surface area contributed by atoms with E-state index < -0.39 is 31.1 Å². The molecule has 1 saturated heterocycles. The van der Waals surface area contributed by atoms with E-state index in [1.165, 1.54) is 18.0 Å². The van der Waals surface area contributed by atoms with E-state index in [0.717, 1.165) is 0 Å². The van der Waals surface area contributed by atoms with Gasteiger partial charge in [0.15, 0.2) is 17.4 Å². The van der Waals surface area contributed by atoms with E-state index in [1.54, 1.807) is 0 Å². The first kappa shape index (κ1) is 14.4. The lowest BCUT2D eigenvalue weighted by Crippen LogP contribution is -2.33. The highest BCUT2D eigenvalue weighted by atomic mass is 35.5. The van der Waals surface area contributed by atoms with E-state index in [1.807, 2.05) is 0 Å². The molecule has 114 valence electrons. The average Bonchev–Trinajstić information content (AvgIpc) is 3.01. The van der Waals surface area contributed by atoms with Crippen molar-refractivity contribution >= 4 is 22.8 Å². The summed E-state index contributed by atoms with van der Waals surface area (Å²) < 4.78 is 11.9. The number of hydrogen-bond donors (Lipinski definition) is 3. The second-order valence-corrected chi connectivity index (χ2v) is 4.89. The molecule has 1 aliphatic heterocycles. The van der Waals surface area contributed by atoms with E-state index in [-0.39, 0.29) is 11.2 Å². The molecule has 3 N–H and O–H groups in total. The van der Waals surface area contributed by atoms with Crippen LogP contribution < -0.4 is 4.74 Å². The number of aliphatic hydroxyl groups is 3. The zero-order valence-electron chi connectivity index (χ0n) is 10.9. The molecule has 2 aromatic heterocycles. The molecule has 4 atom stereocenters. The summed E-state index contributed by atoms with van der Waals surface area (Å²) in [5.74, 6) is 0.190. The maximum absolute atomic E-state index is 10.0. The van der Waals surface area contributed by atoms with Gasteiger partial charge in [-0.1, -0.05) is 0 Å². The fraction of sp³-hybridized carbons (Fsp3) is 0.545. The van der Waals surface area contributed by atoms with Crippen molar-refractivity contribution in [2.45, 2.75) is 24.5 Å². The lowest BCUT2D eigenvalue weighted by molar-refractivity contribution is -0.0511. The Morgan fingerprint density at radius 3 is 2.76 bits per heavy atom. The Balaban J connectivity index is 2.07. The van der Waals surface area contributed by atoms with Crippen LogP contribution in [0.1, 0.15) is 6.23 Å². The van der Waals surface area contributed by atoms with Crippen LogP contribution in [0.5, 0.6) is 5.88 Å². The van der Waals surface area contributed by atoms with Crippen molar-refractivity contribution in [3.8, 4) is 5.88 Å². The summed E-state index contributed by atoms with van der Waals surface area (Å²) in [6.07, 6.45) is -2.91. The van der Waals surface area contributed by atoms with Crippen LogP contribution in [0.4, 0.5) is 0 Å². The molecule has 0 unspecified atom stereocenters. The van der Waals surface area contributed by atoms with Gasteiger partial charge >= 0.3 is 0 Å². The average molecular weight is 317 g/mol. The van der Waals surface area contributed by atoms with Crippen molar-refractivity contribution in [3.05, 3.63) is 11.6 Å². The summed E-state index contributed by atoms with van der Waals surface area (Å²) in [4.78, 5) is 12.0. The number of fused-ring (bicyclic) bond motifs is 1. The van der Waals surface area contributed by atoms with Gasteiger partial charge in [0.05, 0.1) is 20.0 Å². The fourth-order valence-electron chi connectivity index (χ4n) is 2.30. The minimum atomic E-state index is -1.24. The number of methoxy groups -OCH3 is 1. The Morgan fingerprint density at radius 1 is 1.38 bits per heavy atom. The molecule has 0 radical (unpaired) electrons. The van der Waals surface area contributed by atoms with Gasteiger partial charge in [-0.2, -0.15) is 9.97 Å². The number of aliphatic hydroxyl groups excluding tert-OH is 3. The van der Waals surface area contributed by atoms with Crippen LogP contribution in [0, 0.1) is 0 Å². The Morgan fingerprint density at radius 2 is 2.14 bits per heavy atom. The molecule has 2 aromatic rings. The van der Waals surface area contributed by atoms with E-state index >= 15 is 0 Å². The molecular weight excluding hydrogens is 304 g/mol. The molecule has 0 amide bonds. The third-order valence-corrected chi connectivity index (χ3v) is 3.52. The Bertz CT molecular complexity index is 665.